The minimum atomic E-state index is -4.23. The van der Waals surface area contributed by atoms with E-state index in [-0.39, 0.29) is 0 Å². The molecule has 0 amide bonds. The SMILES string of the molecule is Cc1nccn1OS(=O)(=O)On1ccnc1C. The fourth-order valence-electron chi connectivity index (χ4n) is 1.10. The van der Waals surface area contributed by atoms with Gasteiger partial charge in [-0.25, -0.2) is 9.97 Å². The van der Waals surface area contributed by atoms with E-state index in [0.29, 0.717) is 11.6 Å². The molecule has 0 bridgehead atoms. The van der Waals surface area contributed by atoms with Gasteiger partial charge in [-0.1, -0.05) is 0 Å². The predicted molar refractivity (Wildman–Crippen MR) is 56.0 cm³/mol. The van der Waals surface area contributed by atoms with Crippen LogP contribution in [-0.4, -0.2) is 27.8 Å². The molecule has 0 aliphatic rings. The second kappa shape index (κ2) is 4.09. The van der Waals surface area contributed by atoms with Crippen molar-refractivity contribution in [1.82, 2.24) is 19.4 Å². The Kier molecular flexibility index (Phi) is 2.76. The molecule has 17 heavy (non-hydrogen) atoms. The summed E-state index contributed by atoms with van der Waals surface area (Å²) >= 11 is 0. The van der Waals surface area contributed by atoms with Gasteiger partial charge in [0.15, 0.2) is 0 Å². The number of rotatable bonds is 4. The maximum atomic E-state index is 11.5. The fraction of sp³-hybridized carbons (Fsp3) is 0.250. The zero-order valence-electron chi connectivity index (χ0n) is 9.14. The number of hydrogen-bond acceptors (Lipinski definition) is 6. The molecule has 0 radical (unpaired) electrons. The quantitative estimate of drug-likeness (QED) is 0.734. The van der Waals surface area contributed by atoms with Gasteiger partial charge in [0, 0.05) is 12.4 Å². The molecule has 0 aliphatic carbocycles. The van der Waals surface area contributed by atoms with Crippen LogP contribution in [0.3, 0.4) is 0 Å². The van der Waals surface area contributed by atoms with Crippen LogP contribution in [0, 0.1) is 13.8 Å². The first kappa shape index (κ1) is 11.5. The molecule has 8 nitrogen and oxygen atoms in total. The topological polar surface area (TPSA) is 88.2 Å². The smallest absolute Gasteiger partial charge is 0.255 e. The van der Waals surface area contributed by atoms with Crippen molar-refractivity contribution in [2.45, 2.75) is 13.8 Å². The molecule has 0 aliphatic heterocycles. The third-order valence-electron chi connectivity index (χ3n) is 1.91. The Morgan fingerprint density at radius 3 is 1.71 bits per heavy atom. The molecule has 92 valence electrons. The minimum Gasteiger partial charge on any atom is -0.255 e. The van der Waals surface area contributed by atoms with Crippen molar-refractivity contribution in [2.24, 2.45) is 0 Å². The number of aromatic nitrogens is 4. The molecule has 2 heterocycles. The maximum absolute atomic E-state index is 11.5. The van der Waals surface area contributed by atoms with Gasteiger partial charge in [0.05, 0.1) is 12.4 Å². The Balaban J connectivity index is 2.16. The highest BCUT2D eigenvalue weighted by Gasteiger charge is 2.18. The summed E-state index contributed by atoms with van der Waals surface area (Å²) in [6, 6.07) is 0. The summed E-state index contributed by atoms with van der Waals surface area (Å²) in [6.07, 6.45) is 5.54. The van der Waals surface area contributed by atoms with Gasteiger partial charge in [-0.2, -0.15) is 9.46 Å². The van der Waals surface area contributed by atoms with Gasteiger partial charge in [0.25, 0.3) is 0 Å². The largest absolute Gasteiger partial charge is 0.539 e. The Morgan fingerprint density at radius 1 is 1.00 bits per heavy atom. The van der Waals surface area contributed by atoms with E-state index in [1.807, 2.05) is 0 Å². The number of nitrogens with zero attached hydrogens (tertiary/aromatic N) is 4. The van der Waals surface area contributed by atoms with Crippen molar-refractivity contribution in [3.8, 4) is 0 Å². The first-order valence-corrected chi connectivity index (χ1v) is 5.96. The highest BCUT2D eigenvalue weighted by molar-refractivity contribution is 7.82. The molecule has 0 atom stereocenters. The van der Waals surface area contributed by atoms with E-state index in [9.17, 15) is 8.42 Å². The maximum Gasteiger partial charge on any atom is 0.539 e. The first-order valence-electron chi connectivity index (χ1n) is 4.63. The van der Waals surface area contributed by atoms with E-state index in [1.165, 1.54) is 24.8 Å². The van der Waals surface area contributed by atoms with Gasteiger partial charge in [-0.05, 0) is 13.8 Å². The average Bonchev–Trinajstić information content (AvgIpc) is 2.78. The summed E-state index contributed by atoms with van der Waals surface area (Å²) in [6.45, 7) is 3.19. The molecule has 0 N–H and O–H groups in total. The minimum absolute atomic E-state index is 0.388. The van der Waals surface area contributed by atoms with Crippen molar-refractivity contribution in [3.05, 3.63) is 36.4 Å². The van der Waals surface area contributed by atoms with Gasteiger partial charge < -0.3 is 0 Å². The molecular weight excluding hydrogens is 248 g/mol. The van der Waals surface area contributed by atoms with Crippen LogP contribution in [-0.2, 0) is 10.4 Å². The number of aryl methyl sites for hydroxylation is 2. The summed E-state index contributed by atoms with van der Waals surface area (Å²) in [5, 5.41) is 0. The molecule has 2 aromatic heterocycles. The zero-order chi connectivity index (χ0) is 12.5. The van der Waals surface area contributed by atoms with E-state index < -0.39 is 10.4 Å². The first-order chi connectivity index (χ1) is 7.98. The highest BCUT2D eigenvalue weighted by atomic mass is 32.3. The number of hydrogen-bond donors (Lipinski definition) is 0. The van der Waals surface area contributed by atoms with Gasteiger partial charge >= 0.3 is 10.4 Å². The Hall–Kier alpha value is -2.03. The zero-order valence-corrected chi connectivity index (χ0v) is 9.96. The summed E-state index contributed by atoms with van der Waals surface area (Å²) < 4.78 is 34.3. The summed E-state index contributed by atoms with van der Waals surface area (Å²) in [4.78, 5) is 7.63. The normalized spacial score (nSPS) is 11.4. The van der Waals surface area contributed by atoms with Crippen LogP contribution in [0.25, 0.3) is 0 Å². The Labute approximate surface area is 97.7 Å². The third kappa shape index (κ3) is 2.56. The van der Waals surface area contributed by atoms with E-state index in [4.69, 9.17) is 0 Å². The van der Waals surface area contributed by atoms with Crippen molar-refractivity contribution < 1.29 is 17.0 Å². The third-order valence-corrected chi connectivity index (χ3v) is 2.59. The van der Waals surface area contributed by atoms with Crippen molar-refractivity contribution in [1.29, 1.82) is 0 Å². The van der Waals surface area contributed by atoms with Crippen LogP contribution in [0.1, 0.15) is 11.6 Å². The lowest BCUT2D eigenvalue weighted by Crippen LogP contribution is -2.30. The summed E-state index contributed by atoms with van der Waals surface area (Å²) in [5.41, 5.74) is 0. The van der Waals surface area contributed by atoms with Crippen molar-refractivity contribution in [3.63, 3.8) is 0 Å². The van der Waals surface area contributed by atoms with Crippen molar-refractivity contribution in [2.75, 3.05) is 0 Å². The molecule has 2 aromatic rings. The average molecular weight is 258 g/mol. The van der Waals surface area contributed by atoms with Gasteiger partial charge in [-0.3, -0.25) is 8.57 Å². The van der Waals surface area contributed by atoms with Crippen LogP contribution in [0.5, 0.6) is 0 Å². The second-order valence-electron chi connectivity index (χ2n) is 3.16. The van der Waals surface area contributed by atoms with Gasteiger partial charge in [0.1, 0.15) is 11.6 Å². The predicted octanol–water partition coefficient (Wildman–Crippen LogP) is -0.501. The van der Waals surface area contributed by atoms with E-state index in [1.54, 1.807) is 13.8 Å². The van der Waals surface area contributed by atoms with Crippen LogP contribution >= 0.6 is 0 Å². The molecule has 9 heteroatoms. The molecule has 0 fully saturated rings. The van der Waals surface area contributed by atoms with Gasteiger partial charge in [-0.15, -0.1) is 8.42 Å². The van der Waals surface area contributed by atoms with Crippen molar-refractivity contribution >= 4 is 10.4 Å². The monoisotopic (exact) mass is 258 g/mol. The summed E-state index contributed by atoms with van der Waals surface area (Å²) in [5.74, 6) is 0.777. The molecule has 0 unspecified atom stereocenters. The Morgan fingerprint density at radius 2 is 1.41 bits per heavy atom. The van der Waals surface area contributed by atoms with Gasteiger partial charge in [0.2, 0.25) is 0 Å². The van der Waals surface area contributed by atoms with E-state index in [0.717, 1.165) is 9.46 Å². The fourth-order valence-corrected chi connectivity index (χ4v) is 1.84. The van der Waals surface area contributed by atoms with E-state index in [2.05, 4.69) is 18.5 Å². The lowest BCUT2D eigenvalue weighted by molar-refractivity contribution is 0.177. The lowest BCUT2D eigenvalue weighted by Gasteiger charge is -2.08. The number of imidazole rings is 2. The standard InChI is InChI=1S/C8H10N4O4S/c1-7-9-3-5-11(7)15-17(13,14)16-12-6-4-10-8(12)2/h3-6H,1-2H3. The molecule has 0 aromatic carbocycles. The van der Waals surface area contributed by atoms with Crippen LogP contribution in [0.15, 0.2) is 24.8 Å². The molecular formula is C8H10N4O4S. The van der Waals surface area contributed by atoms with Crippen LogP contribution in [0.4, 0.5) is 0 Å². The molecule has 0 spiro atoms. The second-order valence-corrected chi connectivity index (χ2v) is 4.27. The summed E-state index contributed by atoms with van der Waals surface area (Å²) in [7, 11) is -4.23. The van der Waals surface area contributed by atoms with Crippen LogP contribution in [0.2, 0.25) is 0 Å². The van der Waals surface area contributed by atoms with Crippen LogP contribution < -0.4 is 8.57 Å². The van der Waals surface area contributed by atoms with E-state index >= 15 is 0 Å². The molecule has 2 rings (SSSR count). The highest BCUT2D eigenvalue weighted by Crippen LogP contribution is 1.98. The molecule has 0 saturated carbocycles. The molecule has 0 saturated heterocycles. The lowest BCUT2D eigenvalue weighted by atomic mass is 10.7. The Bertz CT molecular complexity index is 567.